The Kier molecular flexibility index (Phi) is 4.02. The summed E-state index contributed by atoms with van der Waals surface area (Å²) in [5.74, 6) is -0.226. The van der Waals surface area contributed by atoms with E-state index in [0.29, 0.717) is 0 Å². The molecule has 0 fully saturated rings. The van der Waals surface area contributed by atoms with E-state index in [1.165, 1.54) is 0 Å². The average Bonchev–Trinajstić information content (AvgIpc) is 2.20. The monoisotopic (exact) mass is 196 g/mol. The van der Waals surface area contributed by atoms with E-state index in [4.69, 9.17) is 22.4 Å². The van der Waals surface area contributed by atoms with Crippen molar-refractivity contribution in [3.8, 4) is 0 Å². The summed E-state index contributed by atoms with van der Waals surface area (Å²) in [6.45, 7) is -0.118. The first kappa shape index (κ1) is 10.3. The molecule has 0 saturated carbocycles. The number of aliphatic hydroxyl groups excluding tert-OH is 2. The van der Waals surface area contributed by atoms with Gasteiger partial charge in [-0.3, -0.25) is 0 Å². The van der Waals surface area contributed by atoms with Crippen LogP contribution in [0.2, 0.25) is 0 Å². The smallest absolute Gasteiger partial charge is 0.0522 e. The summed E-state index contributed by atoms with van der Waals surface area (Å²) in [7, 11) is 0. The lowest BCUT2D eigenvalue weighted by Crippen LogP contribution is -2.10. The Morgan fingerprint density at radius 3 is 2.38 bits per heavy atom. The zero-order valence-electron chi connectivity index (χ0n) is 7.18. The van der Waals surface area contributed by atoms with Crippen molar-refractivity contribution in [3.05, 3.63) is 35.4 Å². The number of hydrogen-bond acceptors (Lipinski definition) is 3. The van der Waals surface area contributed by atoms with Crippen LogP contribution in [-0.4, -0.2) is 28.8 Å². The Bertz CT molecular complexity index is 282. The fraction of sp³-hybridized carbons (Fsp3) is 0.300. The molecule has 0 aliphatic rings. The molecule has 0 saturated heterocycles. The van der Waals surface area contributed by atoms with Gasteiger partial charge in [-0.1, -0.05) is 36.5 Å². The van der Waals surface area contributed by atoms with E-state index < -0.39 is 0 Å². The molecule has 0 unspecified atom stereocenters. The number of benzene rings is 1. The van der Waals surface area contributed by atoms with Gasteiger partial charge in [0.1, 0.15) is 0 Å². The van der Waals surface area contributed by atoms with Crippen LogP contribution >= 0.6 is 12.2 Å². The summed E-state index contributed by atoms with van der Waals surface area (Å²) in [6.07, 6.45) is 0. The summed E-state index contributed by atoms with van der Waals surface area (Å²) in [5.41, 5.74) is 1.80. The fourth-order valence-electron chi connectivity index (χ4n) is 1.24. The molecule has 3 heteroatoms. The van der Waals surface area contributed by atoms with E-state index in [1.807, 2.05) is 24.3 Å². The normalized spacial score (nSPS) is 10.4. The molecule has 1 aromatic carbocycles. The van der Waals surface area contributed by atoms with Crippen LogP contribution in [-0.2, 0) is 0 Å². The van der Waals surface area contributed by atoms with Gasteiger partial charge in [0.15, 0.2) is 0 Å². The second-order valence-electron chi connectivity index (χ2n) is 2.81. The summed E-state index contributed by atoms with van der Waals surface area (Å²) in [6, 6.07) is 7.50. The molecular formula is C10H12O2S. The van der Waals surface area contributed by atoms with Crippen LogP contribution in [0.1, 0.15) is 17.0 Å². The average molecular weight is 196 g/mol. The number of rotatable bonds is 4. The molecule has 2 nitrogen and oxygen atoms in total. The minimum absolute atomic E-state index is 0.0588. The van der Waals surface area contributed by atoms with Crippen LogP contribution < -0.4 is 0 Å². The van der Waals surface area contributed by atoms with Gasteiger partial charge in [0.25, 0.3) is 0 Å². The van der Waals surface area contributed by atoms with Crippen LogP contribution in [0, 0.1) is 0 Å². The molecule has 1 rings (SSSR count). The third-order valence-corrected chi connectivity index (χ3v) is 2.26. The highest BCUT2D eigenvalue weighted by Crippen LogP contribution is 2.17. The molecule has 13 heavy (non-hydrogen) atoms. The molecule has 0 amide bonds. The lowest BCUT2D eigenvalue weighted by Gasteiger charge is -2.13. The zero-order valence-corrected chi connectivity index (χ0v) is 8.00. The highest BCUT2D eigenvalue weighted by Gasteiger charge is 2.11. The minimum atomic E-state index is -0.226. The van der Waals surface area contributed by atoms with E-state index in [-0.39, 0.29) is 19.1 Å². The topological polar surface area (TPSA) is 40.5 Å². The highest BCUT2D eigenvalue weighted by atomic mass is 32.1. The van der Waals surface area contributed by atoms with Crippen LogP contribution in [0.4, 0.5) is 0 Å². The first-order chi connectivity index (χ1) is 6.33. The van der Waals surface area contributed by atoms with Crippen molar-refractivity contribution >= 4 is 17.6 Å². The summed E-state index contributed by atoms with van der Waals surface area (Å²) in [5, 5.41) is 19.5. The van der Waals surface area contributed by atoms with Gasteiger partial charge in [-0.15, -0.1) is 0 Å². The van der Waals surface area contributed by atoms with Gasteiger partial charge in [0.2, 0.25) is 0 Å². The molecule has 0 heterocycles. The Morgan fingerprint density at radius 2 is 1.85 bits per heavy atom. The van der Waals surface area contributed by atoms with Crippen LogP contribution in [0.3, 0.4) is 0 Å². The van der Waals surface area contributed by atoms with Gasteiger partial charge in [-0.05, 0) is 11.1 Å². The maximum atomic E-state index is 8.99. The Labute approximate surface area is 82.8 Å². The Balaban J connectivity index is 3.03. The molecule has 70 valence electrons. The molecule has 0 aliphatic heterocycles. The van der Waals surface area contributed by atoms with Gasteiger partial charge in [-0.25, -0.2) is 0 Å². The van der Waals surface area contributed by atoms with Crippen molar-refractivity contribution in [2.24, 2.45) is 0 Å². The SMILES string of the molecule is OCC(CO)c1ccccc1C=S. The third kappa shape index (κ3) is 2.34. The second-order valence-corrected chi connectivity index (χ2v) is 3.04. The number of aliphatic hydroxyl groups is 2. The van der Waals surface area contributed by atoms with E-state index in [2.05, 4.69) is 0 Å². The second kappa shape index (κ2) is 5.07. The van der Waals surface area contributed by atoms with Crippen LogP contribution in [0.5, 0.6) is 0 Å². The molecule has 0 radical (unpaired) electrons. The van der Waals surface area contributed by atoms with Crippen LogP contribution in [0.25, 0.3) is 0 Å². The van der Waals surface area contributed by atoms with E-state index in [9.17, 15) is 0 Å². The first-order valence-corrected chi connectivity index (χ1v) is 4.56. The molecule has 0 aliphatic carbocycles. The fourth-order valence-corrected chi connectivity index (χ4v) is 1.46. The molecule has 0 spiro atoms. The van der Waals surface area contributed by atoms with Crippen molar-refractivity contribution in [1.29, 1.82) is 0 Å². The first-order valence-electron chi connectivity index (χ1n) is 4.09. The molecule has 0 aromatic heterocycles. The van der Waals surface area contributed by atoms with Crippen molar-refractivity contribution < 1.29 is 10.2 Å². The van der Waals surface area contributed by atoms with Gasteiger partial charge >= 0.3 is 0 Å². The lowest BCUT2D eigenvalue weighted by atomic mass is 9.96. The molecule has 1 aromatic rings. The molecular weight excluding hydrogens is 184 g/mol. The predicted molar refractivity (Wildman–Crippen MR) is 56.1 cm³/mol. The summed E-state index contributed by atoms with van der Waals surface area (Å²) >= 11 is 4.83. The van der Waals surface area contributed by atoms with Crippen molar-refractivity contribution in [1.82, 2.24) is 0 Å². The van der Waals surface area contributed by atoms with Gasteiger partial charge < -0.3 is 10.2 Å². The van der Waals surface area contributed by atoms with E-state index in [0.717, 1.165) is 11.1 Å². The Hall–Kier alpha value is -0.770. The van der Waals surface area contributed by atoms with Gasteiger partial charge in [0, 0.05) is 11.3 Å². The van der Waals surface area contributed by atoms with Gasteiger partial charge in [-0.2, -0.15) is 0 Å². The van der Waals surface area contributed by atoms with Crippen molar-refractivity contribution in [2.75, 3.05) is 13.2 Å². The standard InChI is InChI=1S/C10H12O2S/c11-5-9(6-12)10-4-2-1-3-8(10)7-13/h1-4,7,9,11-12H,5-6H2. The number of thiocarbonyl (C=S) groups is 1. The zero-order chi connectivity index (χ0) is 9.68. The Morgan fingerprint density at radius 1 is 1.23 bits per heavy atom. The summed E-state index contributed by atoms with van der Waals surface area (Å²) in [4.78, 5) is 0. The predicted octanol–water partition coefficient (Wildman–Crippen LogP) is 1.10. The number of hydrogen-bond donors (Lipinski definition) is 2. The third-order valence-electron chi connectivity index (χ3n) is 2.00. The van der Waals surface area contributed by atoms with Crippen molar-refractivity contribution in [3.63, 3.8) is 0 Å². The molecule has 0 atom stereocenters. The maximum Gasteiger partial charge on any atom is 0.0522 e. The highest BCUT2D eigenvalue weighted by molar-refractivity contribution is 7.79. The van der Waals surface area contributed by atoms with Crippen molar-refractivity contribution in [2.45, 2.75) is 5.92 Å². The molecule has 2 N–H and O–H groups in total. The van der Waals surface area contributed by atoms with Gasteiger partial charge in [0.05, 0.1) is 13.2 Å². The van der Waals surface area contributed by atoms with E-state index >= 15 is 0 Å². The van der Waals surface area contributed by atoms with Crippen LogP contribution in [0.15, 0.2) is 24.3 Å². The molecule has 0 bridgehead atoms. The maximum absolute atomic E-state index is 8.99. The van der Waals surface area contributed by atoms with E-state index in [1.54, 1.807) is 5.37 Å². The largest absolute Gasteiger partial charge is 0.396 e. The quantitative estimate of drug-likeness (QED) is 0.708. The summed E-state index contributed by atoms with van der Waals surface area (Å²) < 4.78 is 0. The lowest BCUT2D eigenvalue weighted by molar-refractivity contribution is 0.192. The minimum Gasteiger partial charge on any atom is -0.396 e.